The highest BCUT2D eigenvalue weighted by Gasteiger charge is 2.42. The van der Waals surface area contributed by atoms with E-state index in [9.17, 15) is 9.59 Å². The van der Waals surface area contributed by atoms with Gasteiger partial charge in [-0.15, -0.1) is 0 Å². The van der Waals surface area contributed by atoms with Gasteiger partial charge in [-0.2, -0.15) is 0 Å². The lowest BCUT2D eigenvalue weighted by Gasteiger charge is -2.48. The molecule has 2 fully saturated rings. The molecule has 2 amide bonds. The topological polar surface area (TPSA) is 67.9 Å². The summed E-state index contributed by atoms with van der Waals surface area (Å²) in [5.41, 5.74) is 4.47. The third-order valence-corrected chi connectivity index (χ3v) is 7.84. The van der Waals surface area contributed by atoms with E-state index >= 15 is 0 Å². The summed E-state index contributed by atoms with van der Waals surface area (Å²) in [4.78, 5) is 27.4. The van der Waals surface area contributed by atoms with Crippen LogP contribution in [0.2, 0.25) is 0 Å². The Labute approximate surface area is 214 Å². The average molecular weight is 491 g/mol. The number of benzene rings is 2. The van der Waals surface area contributed by atoms with Crippen LogP contribution in [0.1, 0.15) is 76.3 Å². The maximum atomic E-state index is 13.4. The highest BCUT2D eigenvalue weighted by atomic mass is 16.6. The molecular formula is C30H38N2O4. The largest absolute Gasteiger partial charge is 0.448 e. The number of fused-ring (bicyclic) bond motifs is 5. The second-order valence-corrected chi connectivity index (χ2v) is 11.5. The predicted octanol–water partition coefficient (Wildman–Crippen LogP) is 6.48. The molecule has 5 rings (SSSR count). The Kier molecular flexibility index (Phi) is 6.96. The molecular weight excluding hydrogens is 452 g/mol. The first kappa shape index (κ1) is 24.7. The molecule has 192 valence electrons. The SMILES string of the molecule is CC(C)(C)OC(=O)NCCC1CC2CCCC(C1)N2C(=O)OCC1c2ccccc2-c2ccccc21. The van der Waals surface area contributed by atoms with Crippen molar-refractivity contribution >= 4 is 12.2 Å². The van der Waals surface area contributed by atoms with Crippen molar-refractivity contribution in [2.45, 2.75) is 82.9 Å². The number of hydrogen-bond acceptors (Lipinski definition) is 4. The molecule has 2 unspecified atom stereocenters. The van der Waals surface area contributed by atoms with E-state index in [1.54, 1.807) is 0 Å². The zero-order valence-corrected chi connectivity index (χ0v) is 21.7. The van der Waals surface area contributed by atoms with Crippen molar-refractivity contribution in [3.8, 4) is 11.1 Å². The molecule has 0 saturated carbocycles. The molecule has 2 aromatic carbocycles. The molecule has 0 radical (unpaired) electrons. The van der Waals surface area contributed by atoms with Crippen molar-refractivity contribution in [3.05, 3.63) is 59.7 Å². The van der Waals surface area contributed by atoms with Gasteiger partial charge < -0.3 is 19.7 Å². The summed E-state index contributed by atoms with van der Waals surface area (Å²) in [5, 5.41) is 2.89. The molecule has 1 N–H and O–H groups in total. The third-order valence-electron chi connectivity index (χ3n) is 7.84. The molecule has 3 aliphatic rings. The predicted molar refractivity (Wildman–Crippen MR) is 140 cm³/mol. The fourth-order valence-corrected chi connectivity index (χ4v) is 6.39. The number of piperidine rings is 2. The zero-order valence-electron chi connectivity index (χ0n) is 21.7. The van der Waals surface area contributed by atoms with E-state index in [2.05, 4.69) is 53.8 Å². The van der Waals surface area contributed by atoms with Gasteiger partial charge in [0.15, 0.2) is 0 Å². The van der Waals surface area contributed by atoms with Crippen LogP contribution < -0.4 is 5.32 Å². The maximum Gasteiger partial charge on any atom is 0.410 e. The molecule has 1 aliphatic carbocycles. The van der Waals surface area contributed by atoms with Crippen LogP contribution in [0.4, 0.5) is 9.59 Å². The second-order valence-electron chi connectivity index (χ2n) is 11.5. The standard InChI is InChI=1S/C30H38N2O4/c1-30(2,3)36-28(33)31-16-15-20-17-21-9-8-10-22(18-20)32(21)29(34)35-19-27-25-13-6-4-11-23(25)24-12-5-7-14-26(24)27/h4-7,11-14,20-22,27H,8-10,15-19H2,1-3H3,(H,31,33). The summed E-state index contributed by atoms with van der Waals surface area (Å²) >= 11 is 0. The Morgan fingerprint density at radius 1 is 0.944 bits per heavy atom. The van der Waals surface area contributed by atoms with Gasteiger partial charge in [0.1, 0.15) is 12.2 Å². The van der Waals surface area contributed by atoms with Gasteiger partial charge in [0, 0.05) is 24.5 Å². The van der Waals surface area contributed by atoms with Crippen molar-refractivity contribution in [2.75, 3.05) is 13.2 Å². The van der Waals surface area contributed by atoms with Crippen molar-refractivity contribution < 1.29 is 19.1 Å². The quantitative estimate of drug-likeness (QED) is 0.521. The number of ether oxygens (including phenoxy) is 2. The Morgan fingerprint density at radius 2 is 1.53 bits per heavy atom. The lowest BCUT2D eigenvalue weighted by atomic mass is 9.77. The Hall–Kier alpha value is -3.02. The van der Waals surface area contributed by atoms with Crippen LogP contribution in [0.5, 0.6) is 0 Å². The molecule has 2 bridgehead atoms. The van der Waals surface area contributed by atoms with E-state index < -0.39 is 5.60 Å². The summed E-state index contributed by atoms with van der Waals surface area (Å²) in [6.07, 6.45) is 5.52. The molecule has 0 aromatic heterocycles. The van der Waals surface area contributed by atoms with Gasteiger partial charge in [0.05, 0.1) is 0 Å². The first-order chi connectivity index (χ1) is 17.3. The normalized spacial score (nSPS) is 23.0. The Bertz CT molecular complexity index is 1050. The number of alkyl carbamates (subject to hydrolysis) is 1. The Balaban J connectivity index is 1.17. The van der Waals surface area contributed by atoms with Crippen molar-refractivity contribution in [2.24, 2.45) is 5.92 Å². The number of carbonyl (C=O) groups is 2. The van der Waals surface area contributed by atoms with Crippen molar-refractivity contribution in [1.29, 1.82) is 0 Å². The van der Waals surface area contributed by atoms with Gasteiger partial charge in [-0.05, 0) is 87.5 Å². The molecule has 36 heavy (non-hydrogen) atoms. The molecule has 2 heterocycles. The number of nitrogens with zero attached hydrogens (tertiary/aromatic N) is 1. The van der Waals surface area contributed by atoms with Gasteiger partial charge in [0.25, 0.3) is 0 Å². The van der Waals surface area contributed by atoms with E-state index in [1.807, 2.05) is 25.7 Å². The minimum atomic E-state index is -0.491. The van der Waals surface area contributed by atoms with Gasteiger partial charge in [-0.3, -0.25) is 0 Å². The number of amides is 2. The van der Waals surface area contributed by atoms with Gasteiger partial charge >= 0.3 is 12.2 Å². The summed E-state index contributed by atoms with van der Waals surface area (Å²) in [5.74, 6) is 0.575. The number of rotatable bonds is 5. The molecule has 2 aromatic rings. The van der Waals surface area contributed by atoms with Crippen LogP contribution in [0.25, 0.3) is 11.1 Å². The van der Waals surface area contributed by atoms with E-state index in [0.717, 1.165) is 38.5 Å². The van der Waals surface area contributed by atoms with Crippen LogP contribution in [0.3, 0.4) is 0 Å². The van der Waals surface area contributed by atoms with E-state index in [0.29, 0.717) is 19.1 Å². The lowest BCUT2D eigenvalue weighted by molar-refractivity contribution is 0.00373. The van der Waals surface area contributed by atoms with E-state index in [1.165, 1.54) is 22.3 Å². The summed E-state index contributed by atoms with van der Waals surface area (Å²) < 4.78 is 11.4. The summed E-state index contributed by atoms with van der Waals surface area (Å²) in [6, 6.07) is 17.3. The molecule has 2 aliphatic heterocycles. The monoisotopic (exact) mass is 490 g/mol. The van der Waals surface area contributed by atoms with Gasteiger partial charge in [-0.25, -0.2) is 9.59 Å². The van der Waals surface area contributed by atoms with Crippen LogP contribution in [0.15, 0.2) is 48.5 Å². The van der Waals surface area contributed by atoms with Crippen LogP contribution in [0, 0.1) is 5.92 Å². The highest BCUT2D eigenvalue weighted by molar-refractivity contribution is 5.79. The molecule has 0 spiro atoms. The first-order valence-corrected chi connectivity index (χ1v) is 13.4. The third kappa shape index (κ3) is 5.23. The number of nitrogens with one attached hydrogen (secondary N) is 1. The van der Waals surface area contributed by atoms with Crippen LogP contribution in [-0.2, 0) is 9.47 Å². The molecule has 6 nitrogen and oxygen atoms in total. The van der Waals surface area contributed by atoms with Crippen molar-refractivity contribution in [1.82, 2.24) is 10.2 Å². The summed E-state index contributed by atoms with van der Waals surface area (Å²) in [6.45, 7) is 6.57. The number of carbonyl (C=O) groups excluding carboxylic acids is 2. The van der Waals surface area contributed by atoms with Crippen molar-refractivity contribution in [3.63, 3.8) is 0 Å². The second kappa shape index (κ2) is 10.2. The van der Waals surface area contributed by atoms with Crippen LogP contribution in [-0.4, -0.2) is 47.9 Å². The van der Waals surface area contributed by atoms with Gasteiger partial charge in [0.2, 0.25) is 0 Å². The minimum Gasteiger partial charge on any atom is -0.448 e. The smallest absolute Gasteiger partial charge is 0.410 e. The average Bonchev–Trinajstić information content (AvgIpc) is 3.14. The first-order valence-electron chi connectivity index (χ1n) is 13.4. The van der Waals surface area contributed by atoms with E-state index in [-0.39, 0.29) is 30.2 Å². The molecule has 2 atom stereocenters. The van der Waals surface area contributed by atoms with E-state index in [4.69, 9.17) is 9.47 Å². The highest BCUT2D eigenvalue weighted by Crippen LogP contribution is 2.45. The summed E-state index contributed by atoms with van der Waals surface area (Å²) in [7, 11) is 0. The molecule has 6 heteroatoms. The lowest BCUT2D eigenvalue weighted by Crippen LogP contribution is -2.55. The van der Waals surface area contributed by atoms with Crippen LogP contribution >= 0.6 is 0 Å². The fourth-order valence-electron chi connectivity index (χ4n) is 6.39. The maximum absolute atomic E-state index is 13.4. The Morgan fingerprint density at radius 3 is 2.11 bits per heavy atom. The fraction of sp³-hybridized carbons (Fsp3) is 0.533. The number of hydrogen-bond donors (Lipinski definition) is 1. The zero-order chi connectivity index (χ0) is 25.3. The molecule has 2 saturated heterocycles. The minimum absolute atomic E-state index is 0.0812. The van der Waals surface area contributed by atoms with Gasteiger partial charge in [-0.1, -0.05) is 48.5 Å².